The summed E-state index contributed by atoms with van der Waals surface area (Å²) in [5, 5.41) is 2.99. The van der Waals surface area contributed by atoms with Crippen LogP contribution in [0.15, 0.2) is 10.7 Å². The van der Waals surface area contributed by atoms with Gasteiger partial charge in [0.2, 0.25) is 5.28 Å². The number of carbonyl (C=O) groups is 1. The molecule has 0 aromatic carbocycles. The summed E-state index contributed by atoms with van der Waals surface area (Å²) < 4.78 is 0.672. The van der Waals surface area contributed by atoms with Crippen molar-refractivity contribution in [2.45, 2.75) is 13.0 Å². The highest BCUT2D eigenvalue weighted by Gasteiger charge is 2.06. The Labute approximate surface area is 88.8 Å². The molecule has 0 spiro atoms. The maximum Gasteiger partial charge on any atom is 0.224 e. The molecule has 0 saturated heterocycles. The molecule has 6 heteroatoms. The number of nitrogens with zero attached hydrogens (tertiary/aromatic N) is 2. The molecule has 13 heavy (non-hydrogen) atoms. The fourth-order valence-corrected chi connectivity index (χ4v) is 1.14. The van der Waals surface area contributed by atoms with E-state index in [-0.39, 0.29) is 11.3 Å². The monoisotopic (exact) mass is 263 g/mol. The number of halogens is 2. The van der Waals surface area contributed by atoms with Crippen molar-refractivity contribution in [3.8, 4) is 0 Å². The maximum absolute atomic E-state index is 10.4. The Morgan fingerprint density at radius 1 is 1.77 bits per heavy atom. The summed E-state index contributed by atoms with van der Waals surface area (Å²) in [5.41, 5.74) is 0. The van der Waals surface area contributed by atoms with E-state index in [9.17, 15) is 4.79 Å². The highest BCUT2D eigenvalue weighted by atomic mass is 79.9. The maximum atomic E-state index is 10.4. The van der Waals surface area contributed by atoms with Gasteiger partial charge in [0.05, 0.1) is 10.5 Å². The molecule has 1 rings (SSSR count). The first-order valence-electron chi connectivity index (χ1n) is 3.53. The van der Waals surface area contributed by atoms with Crippen molar-refractivity contribution < 1.29 is 4.79 Å². The summed E-state index contributed by atoms with van der Waals surface area (Å²) in [6.07, 6.45) is 2.30. The van der Waals surface area contributed by atoms with E-state index in [4.69, 9.17) is 11.6 Å². The standard InChI is InChI=1S/C7H7BrClN3O/c1-4(3-13)11-6-5(8)2-10-7(9)12-6/h2-4H,1H3,(H,10,11,12). The molecule has 0 radical (unpaired) electrons. The number of aldehydes is 1. The quantitative estimate of drug-likeness (QED) is 0.669. The molecule has 0 amide bonds. The third kappa shape index (κ3) is 2.93. The fourth-order valence-electron chi connectivity index (χ4n) is 0.697. The van der Waals surface area contributed by atoms with Crippen molar-refractivity contribution in [3.05, 3.63) is 16.0 Å². The first-order valence-corrected chi connectivity index (χ1v) is 4.70. The minimum atomic E-state index is -0.303. The van der Waals surface area contributed by atoms with Crippen LogP contribution >= 0.6 is 27.5 Å². The van der Waals surface area contributed by atoms with Crippen molar-refractivity contribution in [1.29, 1.82) is 0 Å². The average molecular weight is 265 g/mol. The zero-order valence-electron chi connectivity index (χ0n) is 6.79. The molecule has 1 aromatic heterocycles. The van der Waals surface area contributed by atoms with E-state index >= 15 is 0 Å². The lowest BCUT2D eigenvalue weighted by atomic mass is 10.4. The summed E-state index contributed by atoms with van der Waals surface area (Å²) >= 11 is 8.80. The minimum Gasteiger partial charge on any atom is -0.360 e. The minimum absolute atomic E-state index is 0.142. The molecule has 0 aliphatic heterocycles. The number of hydrogen-bond donors (Lipinski definition) is 1. The highest BCUT2D eigenvalue weighted by Crippen LogP contribution is 2.20. The molecule has 4 nitrogen and oxygen atoms in total. The molecular weight excluding hydrogens is 257 g/mol. The summed E-state index contributed by atoms with van der Waals surface area (Å²) in [6, 6.07) is -0.303. The molecular formula is C7H7BrClN3O. The Kier molecular flexibility index (Phi) is 3.62. The van der Waals surface area contributed by atoms with Crippen LogP contribution in [-0.2, 0) is 4.79 Å². The molecule has 1 heterocycles. The third-order valence-corrected chi connectivity index (χ3v) is 2.05. The summed E-state index contributed by atoms with van der Waals surface area (Å²) in [6.45, 7) is 1.72. The summed E-state index contributed by atoms with van der Waals surface area (Å²) in [4.78, 5) is 18.0. The molecule has 0 saturated carbocycles. The largest absolute Gasteiger partial charge is 0.360 e. The van der Waals surface area contributed by atoms with Gasteiger partial charge in [0, 0.05) is 6.20 Å². The first kappa shape index (κ1) is 10.4. The van der Waals surface area contributed by atoms with Crippen molar-refractivity contribution >= 4 is 39.6 Å². The van der Waals surface area contributed by atoms with E-state index < -0.39 is 0 Å². The lowest BCUT2D eigenvalue weighted by molar-refractivity contribution is -0.108. The van der Waals surface area contributed by atoms with Gasteiger partial charge < -0.3 is 10.1 Å². The van der Waals surface area contributed by atoms with Gasteiger partial charge in [-0.3, -0.25) is 0 Å². The van der Waals surface area contributed by atoms with Crippen LogP contribution in [0.2, 0.25) is 5.28 Å². The van der Waals surface area contributed by atoms with Gasteiger partial charge in [-0.05, 0) is 34.5 Å². The number of nitrogens with one attached hydrogen (secondary N) is 1. The lowest BCUT2D eigenvalue weighted by Crippen LogP contribution is -2.17. The molecule has 0 aliphatic rings. The third-order valence-electron chi connectivity index (χ3n) is 1.28. The van der Waals surface area contributed by atoms with Crippen LogP contribution in [0.4, 0.5) is 5.82 Å². The highest BCUT2D eigenvalue weighted by molar-refractivity contribution is 9.10. The van der Waals surface area contributed by atoms with Crippen LogP contribution in [0.5, 0.6) is 0 Å². The number of anilines is 1. The van der Waals surface area contributed by atoms with Crippen LogP contribution in [-0.4, -0.2) is 22.3 Å². The van der Waals surface area contributed by atoms with Crippen molar-refractivity contribution in [1.82, 2.24) is 9.97 Å². The summed E-state index contributed by atoms with van der Waals surface area (Å²) in [5.74, 6) is 0.514. The van der Waals surface area contributed by atoms with Gasteiger partial charge in [0.15, 0.2) is 0 Å². The van der Waals surface area contributed by atoms with Gasteiger partial charge in [-0.2, -0.15) is 4.98 Å². The van der Waals surface area contributed by atoms with E-state index in [1.807, 2.05) is 0 Å². The van der Waals surface area contributed by atoms with Gasteiger partial charge in [-0.15, -0.1) is 0 Å². The Morgan fingerprint density at radius 3 is 3.08 bits per heavy atom. The fraction of sp³-hybridized carbons (Fsp3) is 0.286. The van der Waals surface area contributed by atoms with Gasteiger partial charge in [0.1, 0.15) is 12.1 Å². The second-order valence-electron chi connectivity index (χ2n) is 2.40. The number of hydrogen-bond acceptors (Lipinski definition) is 4. The molecule has 1 N–H and O–H groups in total. The van der Waals surface area contributed by atoms with Gasteiger partial charge in [-0.25, -0.2) is 4.98 Å². The Morgan fingerprint density at radius 2 is 2.46 bits per heavy atom. The number of carbonyl (C=O) groups excluding carboxylic acids is 1. The van der Waals surface area contributed by atoms with E-state index in [0.717, 1.165) is 6.29 Å². The average Bonchev–Trinajstić information content (AvgIpc) is 2.11. The molecule has 0 bridgehead atoms. The van der Waals surface area contributed by atoms with E-state index in [2.05, 4.69) is 31.2 Å². The van der Waals surface area contributed by atoms with Crippen LogP contribution in [0.25, 0.3) is 0 Å². The van der Waals surface area contributed by atoms with Crippen LogP contribution in [0.1, 0.15) is 6.92 Å². The molecule has 0 aliphatic carbocycles. The van der Waals surface area contributed by atoms with E-state index in [0.29, 0.717) is 10.3 Å². The zero-order chi connectivity index (χ0) is 9.84. The molecule has 1 unspecified atom stereocenters. The topological polar surface area (TPSA) is 54.9 Å². The number of rotatable bonds is 3. The second kappa shape index (κ2) is 4.53. The summed E-state index contributed by atoms with van der Waals surface area (Å²) in [7, 11) is 0. The van der Waals surface area contributed by atoms with Gasteiger partial charge in [0.25, 0.3) is 0 Å². The van der Waals surface area contributed by atoms with Crippen molar-refractivity contribution in [3.63, 3.8) is 0 Å². The predicted molar refractivity (Wildman–Crippen MR) is 53.9 cm³/mol. The normalized spacial score (nSPS) is 12.2. The SMILES string of the molecule is CC(C=O)Nc1nc(Cl)ncc1Br. The number of aromatic nitrogens is 2. The van der Waals surface area contributed by atoms with E-state index in [1.54, 1.807) is 6.92 Å². The molecule has 1 aromatic rings. The molecule has 1 atom stereocenters. The van der Waals surface area contributed by atoms with Crippen molar-refractivity contribution in [2.24, 2.45) is 0 Å². The Hall–Kier alpha value is -0.680. The zero-order valence-corrected chi connectivity index (χ0v) is 9.13. The second-order valence-corrected chi connectivity index (χ2v) is 3.60. The van der Waals surface area contributed by atoms with Gasteiger partial charge >= 0.3 is 0 Å². The Bertz CT molecular complexity index is 321. The van der Waals surface area contributed by atoms with Crippen molar-refractivity contribution in [2.75, 3.05) is 5.32 Å². The lowest BCUT2D eigenvalue weighted by Gasteiger charge is -2.08. The van der Waals surface area contributed by atoms with Crippen LogP contribution < -0.4 is 5.32 Å². The Balaban J connectivity index is 2.86. The smallest absolute Gasteiger partial charge is 0.224 e. The van der Waals surface area contributed by atoms with E-state index in [1.165, 1.54) is 6.20 Å². The van der Waals surface area contributed by atoms with Crippen LogP contribution in [0.3, 0.4) is 0 Å². The van der Waals surface area contributed by atoms with Gasteiger partial charge in [-0.1, -0.05) is 0 Å². The predicted octanol–water partition coefficient (Wildman–Crippen LogP) is 1.89. The molecule has 0 fully saturated rings. The molecule has 70 valence electrons. The van der Waals surface area contributed by atoms with Crippen LogP contribution in [0, 0.1) is 0 Å². The first-order chi connectivity index (χ1) is 6.13.